The lowest BCUT2D eigenvalue weighted by Crippen LogP contribution is -2.11. The number of fused-ring (bicyclic) bond motifs is 1. The molecule has 0 radical (unpaired) electrons. The van der Waals surface area contributed by atoms with Crippen LogP contribution in [0.4, 0.5) is 5.13 Å². The molecule has 0 atom stereocenters. The van der Waals surface area contributed by atoms with Crippen molar-refractivity contribution in [1.29, 1.82) is 0 Å². The second-order valence-corrected chi connectivity index (χ2v) is 7.47. The number of ether oxygens (including phenoxy) is 1. The van der Waals surface area contributed by atoms with E-state index in [0.29, 0.717) is 22.9 Å². The number of rotatable bonds is 6. The lowest BCUT2D eigenvalue weighted by molar-refractivity contribution is 0.0500. The van der Waals surface area contributed by atoms with Crippen LogP contribution in [-0.4, -0.2) is 23.5 Å². The summed E-state index contributed by atoms with van der Waals surface area (Å²) in [6, 6.07) is 10.8. The topological polar surface area (TPSA) is 68.3 Å². The number of amides is 1. The zero-order valence-corrected chi connectivity index (χ0v) is 16.5. The van der Waals surface area contributed by atoms with E-state index >= 15 is 0 Å². The molecule has 0 fully saturated rings. The predicted molar refractivity (Wildman–Crippen MR) is 109 cm³/mol. The number of carbonyl (C=O) groups is 2. The van der Waals surface area contributed by atoms with Gasteiger partial charge in [0.15, 0.2) is 5.13 Å². The van der Waals surface area contributed by atoms with E-state index in [1.54, 1.807) is 24.3 Å². The quantitative estimate of drug-likeness (QED) is 0.474. The zero-order chi connectivity index (χ0) is 19.4. The third-order valence-electron chi connectivity index (χ3n) is 4.34. The summed E-state index contributed by atoms with van der Waals surface area (Å²) in [5, 5.41) is 3.34. The zero-order valence-electron chi connectivity index (χ0n) is 15.7. The van der Waals surface area contributed by atoms with E-state index in [0.717, 1.165) is 34.2 Å². The molecule has 0 bridgehead atoms. The molecular weight excluding hydrogens is 360 g/mol. The van der Waals surface area contributed by atoms with Crippen molar-refractivity contribution in [2.45, 2.75) is 33.6 Å². The molecule has 0 unspecified atom stereocenters. The minimum absolute atomic E-state index is 0.198. The molecule has 27 heavy (non-hydrogen) atoms. The molecule has 0 saturated heterocycles. The number of hydrogen-bond donors (Lipinski definition) is 1. The Morgan fingerprint density at radius 3 is 2.59 bits per heavy atom. The number of nitrogens with one attached hydrogen (secondary N) is 1. The largest absolute Gasteiger partial charge is 0.462 e. The van der Waals surface area contributed by atoms with Gasteiger partial charge in [-0.05, 0) is 61.7 Å². The van der Waals surface area contributed by atoms with Crippen molar-refractivity contribution in [2.24, 2.45) is 0 Å². The minimum atomic E-state index is -0.334. The number of nitrogens with zero attached hydrogens (tertiary/aromatic N) is 1. The van der Waals surface area contributed by atoms with Gasteiger partial charge in [0.05, 0.1) is 22.4 Å². The molecule has 1 aromatic heterocycles. The molecule has 1 N–H and O–H groups in total. The van der Waals surface area contributed by atoms with Gasteiger partial charge in [0.2, 0.25) is 0 Å². The Morgan fingerprint density at radius 1 is 1.07 bits per heavy atom. The second-order valence-electron chi connectivity index (χ2n) is 6.44. The van der Waals surface area contributed by atoms with Crippen molar-refractivity contribution in [3.05, 3.63) is 58.7 Å². The van der Waals surface area contributed by atoms with Gasteiger partial charge in [-0.1, -0.05) is 30.7 Å². The lowest BCUT2D eigenvalue weighted by atomic mass is 10.1. The number of carbonyl (C=O) groups excluding carboxylic acids is 2. The van der Waals surface area contributed by atoms with Crippen LogP contribution in [0.15, 0.2) is 36.4 Å². The van der Waals surface area contributed by atoms with Crippen molar-refractivity contribution < 1.29 is 14.3 Å². The van der Waals surface area contributed by atoms with Crippen molar-refractivity contribution in [3.63, 3.8) is 0 Å². The molecule has 2 aromatic carbocycles. The molecule has 1 heterocycles. The summed E-state index contributed by atoms with van der Waals surface area (Å²) in [7, 11) is 0. The lowest BCUT2D eigenvalue weighted by Gasteiger charge is -2.04. The molecule has 140 valence electrons. The monoisotopic (exact) mass is 382 g/mol. The normalized spacial score (nSPS) is 10.8. The Kier molecular flexibility index (Phi) is 5.86. The van der Waals surface area contributed by atoms with Crippen LogP contribution in [0.3, 0.4) is 0 Å². The van der Waals surface area contributed by atoms with E-state index < -0.39 is 0 Å². The summed E-state index contributed by atoms with van der Waals surface area (Å²) in [6.07, 6.45) is 1.83. The molecule has 5 nitrogen and oxygen atoms in total. The molecule has 0 aliphatic carbocycles. The van der Waals surface area contributed by atoms with E-state index in [9.17, 15) is 9.59 Å². The molecule has 0 aliphatic heterocycles. The van der Waals surface area contributed by atoms with Crippen LogP contribution < -0.4 is 5.32 Å². The molecule has 1 amide bonds. The first-order valence-corrected chi connectivity index (χ1v) is 9.76. The van der Waals surface area contributed by atoms with Crippen LogP contribution >= 0.6 is 11.3 Å². The highest BCUT2D eigenvalue weighted by Gasteiger charge is 2.13. The van der Waals surface area contributed by atoms with Crippen molar-refractivity contribution in [1.82, 2.24) is 4.98 Å². The average Bonchev–Trinajstić information content (AvgIpc) is 3.05. The maximum atomic E-state index is 12.5. The smallest absolute Gasteiger partial charge is 0.338 e. The number of esters is 1. The Morgan fingerprint density at radius 2 is 1.85 bits per heavy atom. The Hall–Kier alpha value is -2.73. The Labute approximate surface area is 162 Å². The summed E-state index contributed by atoms with van der Waals surface area (Å²) in [6.45, 7) is 6.46. The van der Waals surface area contributed by atoms with Crippen LogP contribution in [-0.2, 0) is 4.74 Å². The van der Waals surface area contributed by atoms with Gasteiger partial charge < -0.3 is 4.74 Å². The first kappa shape index (κ1) is 19.0. The van der Waals surface area contributed by atoms with Crippen LogP contribution in [0.5, 0.6) is 0 Å². The van der Waals surface area contributed by atoms with Crippen LogP contribution in [0.1, 0.15) is 51.6 Å². The number of aryl methyl sites for hydroxylation is 2. The van der Waals surface area contributed by atoms with Gasteiger partial charge in [-0.25, -0.2) is 9.78 Å². The van der Waals surface area contributed by atoms with Crippen LogP contribution in [0, 0.1) is 13.8 Å². The van der Waals surface area contributed by atoms with Gasteiger partial charge in [0.1, 0.15) is 0 Å². The van der Waals surface area contributed by atoms with Crippen LogP contribution in [0.25, 0.3) is 10.2 Å². The van der Waals surface area contributed by atoms with Gasteiger partial charge in [-0.2, -0.15) is 0 Å². The molecule has 3 aromatic rings. The molecular formula is C21H22N2O3S. The second kappa shape index (κ2) is 8.31. The van der Waals surface area contributed by atoms with Gasteiger partial charge in [0.25, 0.3) is 5.91 Å². The molecule has 3 rings (SSSR count). The number of benzene rings is 2. The summed E-state index contributed by atoms with van der Waals surface area (Å²) in [5.41, 5.74) is 4.04. The number of unbranched alkanes of at least 4 members (excludes halogenated alkanes) is 1. The fourth-order valence-electron chi connectivity index (χ4n) is 2.55. The third kappa shape index (κ3) is 4.52. The predicted octanol–water partition coefficient (Wildman–Crippen LogP) is 5.12. The van der Waals surface area contributed by atoms with E-state index in [2.05, 4.69) is 10.3 Å². The van der Waals surface area contributed by atoms with Crippen LogP contribution in [0.2, 0.25) is 0 Å². The average molecular weight is 382 g/mol. The summed E-state index contributed by atoms with van der Waals surface area (Å²) >= 11 is 1.34. The van der Waals surface area contributed by atoms with E-state index in [-0.39, 0.29) is 11.9 Å². The van der Waals surface area contributed by atoms with Gasteiger partial charge in [0, 0.05) is 5.56 Å². The molecule has 6 heteroatoms. The maximum absolute atomic E-state index is 12.5. The first-order valence-electron chi connectivity index (χ1n) is 8.94. The molecule has 0 saturated carbocycles. The SMILES string of the molecule is CCCCOC(=O)c1ccc2nc(NC(=O)c3ccc(C)c(C)c3)sc2c1. The standard InChI is InChI=1S/C21H22N2O3S/c1-4-5-10-26-20(25)16-8-9-17-18(12-16)27-21(22-17)23-19(24)15-7-6-13(2)14(3)11-15/h6-9,11-12H,4-5,10H2,1-3H3,(H,22,23,24). The summed E-state index contributed by atoms with van der Waals surface area (Å²) in [5.74, 6) is -0.532. The summed E-state index contributed by atoms with van der Waals surface area (Å²) < 4.78 is 6.07. The highest BCUT2D eigenvalue weighted by molar-refractivity contribution is 7.22. The highest BCUT2D eigenvalue weighted by Crippen LogP contribution is 2.27. The van der Waals surface area contributed by atoms with E-state index in [1.165, 1.54) is 11.3 Å². The third-order valence-corrected chi connectivity index (χ3v) is 5.28. The first-order chi connectivity index (χ1) is 13.0. The van der Waals surface area contributed by atoms with E-state index in [1.807, 2.05) is 32.9 Å². The van der Waals surface area contributed by atoms with Gasteiger partial charge >= 0.3 is 5.97 Å². The molecule has 0 spiro atoms. The number of thiazole rings is 1. The highest BCUT2D eigenvalue weighted by atomic mass is 32.1. The number of hydrogen-bond acceptors (Lipinski definition) is 5. The van der Waals surface area contributed by atoms with Crippen molar-refractivity contribution in [3.8, 4) is 0 Å². The molecule has 0 aliphatic rings. The van der Waals surface area contributed by atoms with Gasteiger partial charge in [-0.3, -0.25) is 10.1 Å². The fourth-order valence-corrected chi connectivity index (χ4v) is 3.45. The van der Waals surface area contributed by atoms with E-state index in [4.69, 9.17) is 4.74 Å². The van der Waals surface area contributed by atoms with Gasteiger partial charge in [-0.15, -0.1) is 0 Å². The Bertz CT molecular complexity index is 994. The minimum Gasteiger partial charge on any atom is -0.462 e. The summed E-state index contributed by atoms with van der Waals surface area (Å²) in [4.78, 5) is 29.0. The van der Waals surface area contributed by atoms with Crippen molar-refractivity contribution >= 4 is 38.6 Å². The number of aromatic nitrogens is 1. The number of anilines is 1. The fraction of sp³-hybridized carbons (Fsp3) is 0.286. The maximum Gasteiger partial charge on any atom is 0.338 e. The Balaban J connectivity index is 1.75. The van der Waals surface area contributed by atoms with Crippen molar-refractivity contribution in [2.75, 3.05) is 11.9 Å².